The van der Waals surface area contributed by atoms with Crippen molar-refractivity contribution in [2.24, 2.45) is 5.92 Å². The molecule has 0 aliphatic rings. The van der Waals surface area contributed by atoms with Gasteiger partial charge in [0.1, 0.15) is 5.01 Å². The van der Waals surface area contributed by atoms with Crippen molar-refractivity contribution in [3.8, 4) is 10.7 Å². The molecule has 2 heterocycles. The largest absolute Gasteiger partial charge is 0.312 e. The Morgan fingerprint density at radius 1 is 1.35 bits per heavy atom. The van der Waals surface area contributed by atoms with Crippen LogP contribution in [0.1, 0.15) is 31.3 Å². The molecule has 0 spiro atoms. The van der Waals surface area contributed by atoms with E-state index in [1.165, 1.54) is 10.6 Å². The monoisotopic (exact) mass is 309 g/mol. The summed E-state index contributed by atoms with van der Waals surface area (Å²) in [4.78, 5) is 10.4. The molecule has 3 nitrogen and oxygen atoms in total. The second kappa shape index (κ2) is 7.16. The van der Waals surface area contributed by atoms with Gasteiger partial charge in [-0.05, 0) is 31.0 Å². The molecule has 0 aromatic carbocycles. The Balaban J connectivity index is 2.29. The number of hydrogen-bond acceptors (Lipinski definition) is 4. The Kier molecular flexibility index (Phi) is 5.52. The normalized spacial score (nSPS) is 11.2. The van der Waals surface area contributed by atoms with Crippen LogP contribution in [0.4, 0.5) is 0 Å². The van der Waals surface area contributed by atoms with E-state index in [2.05, 4.69) is 31.1 Å². The molecule has 0 unspecified atom stereocenters. The molecule has 0 aliphatic heterocycles. The van der Waals surface area contributed by atoms with Crippen LogP contribution in [0.25, 0.3) is 10.7 Å². The minimum atomic E-state index is 0.600. The Bertz CT molecular complexity index is 549. The highest BCUT2D eigenvalue weighted by molar-refractivity contribution is 7.15. The van der Waals surface area contributed by atoms with Gasteiger partial charge in [0.2, 0.25) is 0 Å². The molecule has 108 valence electrons. The van der Waals surface area contributed by atoms with E-state index in [1.54, 1.807) is 17.5 Å². The van der Waals surface area contributed by atoms with Crippen LogP contribution >= 0.6 is 22.9 Å². The average Bonchev–Trinajstić information content (AvgIpc) is 2.79. The van der Waals surface area contributed by atoms with Gasteiger partial charge in [0.25, 0.3) is 0 Å². The number of thiazole rings is 1. The third-order valence-corrected chi connectivity index (χ3v) is 4.21. The van der Waals surface area contributed by atoms with Crippen LogP contribution in [0.2, 0.25) is 5.02 Å². The number of nitrogens with zero attached hydrogens (tertiary/aromatic N) is 2. The van der Waals surface area contributed by atoms with Gasteiger partial charge in [0.15, 0.2) is 0 Å². The van der Waals surface area contributed by atoms with E-state index in [-0.39, 0.29) is 0 Å². The van der Waals surface area contributed by atoms with E-state index in [0.29, 0.717) is 10.9 Å². The van der Waals surface area contributed by atoms with E-state index >= 15 is 0 Å². The molecule has 0 bridgehead atoms. The lowest BCUT2D eigenvalue weighted by atomic mass is 10.1. The molecule has 0 saturated heterocycles. The highest BCUT2D eigenvalue weighted by Crippen LogP contribution is 2.28. The lowest BCUT2D eigenvalue weighted by Gasteiger charge is -2.04. The van der Waals surface area contributed by atoms with Gasteiger partial charge in [-0.25, -0.2) is 4.98 Å². The van der Waals surface area contributed by atoms with Gasteiger partial charge < -0.3 is 5.32 Å². The van der Waals surface area contributed by atoms with Crippen LogP contribution in [0.15, 0.2) is 18.3 Å². The predicted molar refractivity (Wildman–Crippen MR) is 86.3 cm³/mol. The van der Waals surface area contributed by atoms with E-state index in [1.807, 2.05) is 12.1 Å². The second-order valence-electron chi connectivity index (χ2n) is 5.13. The summed E-state index contributed by atoms with van der Waals surface area (Å²) in [6.45, 7) is 8.40. The first-order valence-corrected chi connectivity index (χ1v) is 8.10. The molecule has 20 heavy (non-hydrogen) atoms. The molecular formula is C15H20ClN3S. The molecule has 0 radical (unpaired) electrons. The molecule has 2 rings (SSSR count). The zero-order chi connectivity index (χ0) is 14.5. The fourth-order valence-electron chi connectivity index (χ4n) is 1.92. The fourth-order valence-corrected chi connectivity index (χ4v) is 3.07. The first kappa shape index (κ1) is 15.4. The van der Waals surface area contributed by atoms with Crippen molar-refractivity contribution in [3.05, 3.63) is 33.9 Å². The molecular weight excluding hydrogens is 290 g/mol. The van der Waals surface area contributed by atoms with Crippen molar-refractivity contribution in [3.63, 3.8) is 0 Å². The van der Waals surface area contributed by atoms with Crippen molar-refractivity contribution in [1.29, 1.82) is 0 Å². The van der Waals surface area contributed by atoms with Gasteiger partial charge in [-0.15, -0.1) is 11.3 Å². The standard InChI is InChI=1S/C15H20ClN3S/c1-4-17-9-14-13(7-10(2)3)19-15(20-14)12-6-5-11(16)8-18-12/h5-6,8,10,17H,4,7,9H2,1-3H3. The van der Waals surface area contributed by atoms with Crippen LogP contribution < -0.4 is 5.32 Å². The fraction of sp³-hybridized carbons (Fsp3) is 0.467. The van der Waals surface area contributed by atoms with Crippen molar-refractivity contribution in [2.75, 3.05) is 6.54 Å². The summed E-state index contributed by atoms with van der Waals surface area (Å²) in [6, 6.07) is 3.79. The highest BCUT2D eigenvalue weighted by atomic mass is 35.5. The smallest absolute Gasteiger partial charge is 0.142 e. The minimum absolute atomic E-state index is 0.600. The van der Waals surface area contributed by atoms with E-state index in [4.69, 9.17) is 16.6 Å². The maximum Gasteiger partial charge on any atom is 0.142 e. The molecule has 0 fully saturated rings. The zero-order valence-electron chi connectivity index (χ0n) is 12.1. The van der Waals surface area contributed by atoms with Gasteiger partial charge in [-0.1, -0.05) is 32.4 Å². The van der Waals surface area contributed by atoms with Gasteiger partial charge in [0.05, 0.1) is 16.4 Å². The predicted octanol–water partition coefficient (Wildman–Crippen LogP) is 4.17. The van der Waals surface area contributed by atoms with E-state index in [9.17, 15) is 0 Å². The first-order valence-electron chi connectivity index (χ1n) is 6.91. The molecule has 0 aliphatic carbocycles. The third-order valence-electron chi connectivity index (χ3n) is 2.86. The van der Waals surface area contributed by atoms with Gasteiger partial charge in [0, 0.05) is 17.6 Å². The quantitative estimate of drug-likeness (QED) is 0.870. The number of aromatic nitrogens is 2. The summed E-state index contributed by atoms with van der Waals surface area (Å²) in [6.07, 6.45) is 2.68. The Morgan fingerprint density at radius 3 is 2.75 bits per heavy atom. The van der Waals surface area contributed by atoms with E-state index in [0.717, 1.165) is 30.2 Å². The number of pyridine rings is 1. The molecule has 2 aromatic rings. The third kappa shape index (κ3) is 4.01. The zero-order valence-corrected chi connectivity index (χ0v) is 13.7. The average molecular weight is 310 g/mol. The van der Waals surface area contributed by atoms with Crippen LogP contribution in [-0.2, 0) is 13.0 Å². The maximum atomic E-state index is 5.88. The number of hydrogen-bond donors (Lipinski definition) is 1. The Labute approximate surface area is 129 Å². The SMILES string of the molecule is CCNCc1sc(-c2ccc(Cl)cn2)nc1CC(C)C. The summed E-state index contributed by atoms with van der Waals surface area (Å²) in [5, 5.41) is 5.01. The summed E-state index contributed by atoms with van der Waals surface area (Å²) in [7, 11) is 0. The summed E-state index contributed by atoms with van der Waals surface area (Å²) < 4.78 is 0. The van der Waals surface area contributed by atoms with Crippen molar-refractivity contribution in [2.45, 2.75) is 33.7 Å². The lowest BCUT2D eigenvalue weighted by molar-refractivity contribution is 0.627. The maximum absolute atomic E-state index is 5.88. The minimum Gasteiger partial charge on any atom is -0.312 e. The molecule has 2 aromatic heterocycles. The van der Waals surface area contributed by atoms with Crippen molar-refractivity contribution in [1.82, 2.24) is 15.3 Å². The van der Waals surface area contributed by atoms with Crippen molar-refractivity contribution >= 4 is 22.9 Å². The van der Waals surface area contributed by atoms with Crippen molar-refractivity contribution < 1.29 is 0 Å². The molecule has 0 saturated carbocycles. The number of halogens is 1. The van der Waals surface area contributed by atoms with Crippen LogP contribution in [0.3, 0.4) is 0 Å². The van der Waals surface area contributed by atoms with Crippen LogP contribution in [0, 0.1) is 5.92 Å². The summed E-state index contributed by atoms with van der Waals surface area (Å²) in [5.74, 6) is 0.600. The number of nitrogens with one attached hydrogen (secondary N) is 1. The van der Waals surface area contributed by atoms with Crippen LogP contribution in [-0.4, -0.2) is 16.5 Å². The second-order valence-corrected chi connectivity index (χ2v) is 6.65. The summed E-state index contributed by atoms with van der Waals surface area (Å²) >= 11 is 7.60. The van der Waals surface area contributed by atoms with Gasteiger partial charge >= 0.3 is 0 Å². The molecule has 1 N–H and O–H groups in total. The number of rotatable bonds is 6. The lowest BCUT2D eigenvalue weighted by Crippen LogP contribution is -2.12. The van der Waals surface area contributed by atoms with Gasteiger partial charge in [-0.2, -0.15) is 0 Å². The highest BCUT2D eigenvalue weighted by Gasteiger charge is 2.14. The molecule has 0 atom stereocenters. The topological polar surface area (TPSA) is 37.8 Å². The van der Waals surface area contributed by atoms with Gasteiger partial charge in [-0.3, -0.25) is 4.98 Å². The first-order chi connectivity index (χ1) is 9.60. The molecule has 0 amide bonds. The summed E-state index contributed by atoms with van der Waals surface area (Å²) in [5.41, 5.74) is 2.09. The Morgan fingerprint density at radius 2 is 2.15 bits per heavy atom. The van der Waals surface area contributed by atoms with E-state index < -0.39 is 0 Å². The Hall–Kier alpha value is -0.970. The van der Waals surface area contributed by atoms with Crippen LogP contribution in [0.5, 0.6) is 0 Å². The molecule has 5 heteroatoms.